The summed E-state index contributed by atoms with van der Waals surface area (Å²) in [7, 11) is 0. The second-order valence-electron chi connectivity index (χ2n) is 11.4. The summed E-state index contributed by atoms with van der Waals surface area (Å²) in [5.41, 5.74) is 11.9. The minimum absolute atomic E-state index is 0.209. The molecule has 2 aliphatic heterocycles. The maximum atomic E-state index is 9.88. The summed E-state index contributed by atoms with van der Waals surface area (Å²) in [5, 5.41) is 15.6. The van der Waals surface area contributed by atoms with Gasteiger partial charge in [-0.05, 0) is 65.8 Å². The fourth-order valence-corrected chi connectivity index (χ4v) is 7.50. The zero-order valence-corrected chi connectivity index (χ0v) is 24.5. The van der Waals surface area contributed by atoms with Gasteiger partial charge in [0.25, 0.3) is 0 Å². The Labute approximate surface area is 245 Å². The molecule has 0 radical (unpaired) electrons. The molecule has 0 saturated carbocycles. The van der Waals surface area contributed by atoms with E-state index < -0.39 is 0 Å². The monoisotopic (exact) mass is 561 g/mol. The molecule has 41 heavy (non-hydrogen) atoms. The van der Waals surface area contributed by atoms with Gasteiger partial charge in [-0.3, -0.25) is 14.9 Å². The van der Waals surface area contributed by atoms with Crippen molar-refractivity contribution in [2.24, 2.45) is 0 Å². The Balaban J connectivity index is 1.18. The summed E-state index contributed by atoms with van der Waals surface area (Å²) >= 11 is 1.82. The molecule has 0 bridgehead atoms. The Morgan fingerprint density at radius 2 is 1.85 bits per heavy atom. The van der Waals surface area contributed by atoms with Crippen molar-refractivity contribution in [1.82, 2.24) is 25.2 Å². The predicted octanol–water partition coefficient (Wildman–Crippen LogP) is 5.84. The smallest absolute Gasteiger partial charge is 0.124 e. The molecule has 2 aliphatic rings. The van der Waals surface area contributed by atoms with E-state index in [2.05, 4.69) is 72.6 Å². The van der Waals surface area contributed by atoms with Gasteiger partial charge in [-0.25, -0.2) is 4.98 Å². The Morgan fingerprint density at radius 3 is 2.68 bits per heavy atom. The molecule has 0 aliphatic carbocycles. The van der Waals surface area contributed by atoms with Crippen molar-refractivity contribution in [1.29, 1.82) is 0 Å². The van der Waals surface area contributed by atoms with Crippen molar-refractivity contribution in [2.45, 2.75) is 52.3 Å². The number of aliphatic hydroxyl groups excluding tert-OH is 1. The molecular formula is C34H35N5OS. The molecule has 7 heteroatoms. The minimum atomic E-state index is -0.209. The maximum absolute atomic E-state index is 9.88. The zero-order chi connectivity index (χ0) is 27.9. The first kappa shape index (κ1) is 26.4. The lowest BCUT2D eigenvalue weighted by Crippen LogP contribution is -2.22. The summed E-state index contributed by atoms with van der Waals surface area (Å²) in [6, 6.07) is 17.5. The van der Waals surface area contributed by atoms with Gasteiger partial charge in [-0.2, -0.15) is 0 Å². The van der Waals surface area contributed by atoms with Crippen LogP contribution in [0.4, 0.5) is 0 Å². The van der Waals surface area contributed by atoms with Crippen LogP contribution in [0, 0.1) is 13.8 Å². The van der Waals surface area contributed by atoms with E-state index in [1.807, 2.05) is 23.7 Å². The van der Waals surface area contributed by atoms with Crippen molar-refractivity contribution in [2.75, 3.05) is 19.6 Å². The normalized spacial score (nSPS) is 17.3. The SMILES string of the molecule is Cc1c(Cc2nccc3cc(CN4CC[C@H](O)C4)cnc23)cccc1-c1cccc(-c2nc3c(s2)CNCC3)c1C. The van der Waals surface area contributed by atoms with Crippen LogP contribution in [-0.4, -0.2) is 50.7 Å². The Bertz CT molecular complexity index is 1720. The summed E-state index contributed by atoms with van der Waals surface area (Å²) in [6.45, 7) is 8.87. The van der Waals surface area contributed by atoms with Crippen LogP contribution >= 0.6 is 11.3 Å². The molecule has 7 rings (SSSR count). The fraction of sp³-hybridized carbons (Fsp3) is 0.324. The van der Waals surface area contributed by atoms with E-state index in [4.69, 9.17) is 15.0 Å². The molecule has 5 aromatic rings. The number of β-amino-alcohol motifs (C(OH)–C–C–N with tert-alkyl or cyclic N) is 1. The predicted molar refractivity (Wildman–Crippen MR) is 166 cm³/mol. The Morgan fingerprint density at radius 1 is 1.02 bits per heavy atom. The van der Waals surface area contributed by atoms with E-state index in [1.165, 1.54) is 49.5 Å². The molecule has 6 nitrogen and oxygen atoms in total. The van der Waals surface area contributed by atoms with Crippen molar-refractivity contribution < 1.29 is 5.11 Å². The third kappa shape index (κ3) is 5.19. The lowest BCUT2D eigenvalue weighted by Gasteiger charge is -2.16. The van der Waals surface area contributed by atoms with Crippen molar-refractivity contribution >= 4 is 22.2 Å². The number of likely N-dealkylation sites (tertiary alicyclic amines) is 1. The van der Waals surface area contributed by atoms with E-state index >= 15 is 0 Å². The molecule has 208 valence electrons. The molecule has 1 atom stereocenters. The van der Waals surface area contributed by atoms with Gasteiger partial charge >= 0.3 is 0 Å². The highest BCUT2D eigenvalue weighted by Gasteiger charge is 2.21. The molecule has 0 amide bonds. The van der Waals surface area contributed by atoms with Gasteiger partial charge in [0.1, 0.15) is 5.01 Å². The Hall–Kier alpha value is -3.49. The topological polar surface area (TPSA) is 74.2 Å². The third-order valence-corrected chi connectivity index (χ3v) is 9.78. The number of aliphatic hydroxyl groups is 1. The first-order valence-electron chi connectivity index (χ1n) is 14.5. The molecule has 2 aromatic carbocycles. The largest absolute Gasteiger partial charge is 0.392 e. The molecule has 0 spiro atoms. The van der Waals surface area contributed by atoms with Crippen LogP contribution in [-0.2, 0) is 25.9 Å². The lowest BCUT2D eigenvalue weighted by atomic mass is 9.90. The highest BCUT2D eigenvalue weighted by molar-refractivity contribution is 7.15. The van der Waals surface area contributed by atoms with Crippen LogP contribution in [0.15, 0.2) is 60.9 Å². The number of hydrogen-bond donors (Lipinski definition) is 2. The van der Waals surface area contributed by atoms with Gasteiger partial charge in [-0.1, -0.05) is 36.4 Å². The van der Waals surface area contributed by atoms with E-state index in [1.54, 1.807) is 0 Å². The number of nitrogens with one attached hydrogen (secondary N) is 1. The minimum Gasteiger partial charge on any atom is -0.392 e. The average Bonchev–Trinajstić information content (AvgIpc) is 3.60. The molecule has 2 N–H and O–H groups in total. The van der Waals surface area contributed by atoms with Gasteiger partial charge in [0, 0.05) is 73.8 Å². The highest BCUT2D eigenvalue weighted by atomic mass is 32.1. The van der Waals surface area contributed by atoms with E-state index in [9.17, 15) is 5.11 Å². The van der Waals surface area contributed by atoms with E-state index in [0.717, 1.165) is 73.6 Å². The zero-order valence-electron chi connectivity index (χ0n) is 23.7. The standard InChI is InChI=1S/C34H35N5OS/c1-21-24(16-31-33-25(9-13-36-31)15-23(17-37-33)19-39-14-11-26(40)20-39)5-3-6-27(21)28-7-4-8-29(22(28)2)34-38-30-10-12-35-18-32(30)41-34/h3-9,13,15,17,26,35,40H,10-12,14,16,18-20H2,1-2H3/t26-/m0/s1. The summed E-state index contributed by atoms with van der Waals surface area (Å²) in [4.78, 5) is 18.3. The highest BCUT2D eigenvalue weighted by Crippen LogP contribution is 2.37. The fourth-order valence-electron chi connectivity index (χ4n) is 6.34. The summed E-state index contributed by atoms with van der Waals surface area (Å²) in [6.07, 6.45) is 6.25. The Kier molecular flexibility index (Phi) is 7.13. The van der Waals surface area contributed by atoms with Crippen LogP contribution in [0.1, 0.15) is 44.9 Å². The van der Waals surface area contributed by atoms with Gasteiger partial charge in [0.2, 0.25) is 0 Å². The molecule has 0 unspecified atom stereocenters. The molecular weight excluding hydrogens is 526 g/mol. The maximum Gasteiger partial charge on any atom is 0.124 e. The lowest BCUT2D eigenvalue weighted by molar-refractivity contribution is 0.175. The second kappa shape index (κ2) is 11.1. The number of fused-ring (bicyclic) bond motifs is 2. The van der Waals surface area contributed by atoms with Crippen LogP contribution in [0.5, 0.6) is 0 Å². The van der Waals surface area contributed by atoms with E-state index in [0.29, 0.717) is 0 Å². The van der Waals surface area contributed by atoms with Gasteiger partial charge in [-0.15, -0.1) is 11.3 Å². The molecule has 5 heterocycles. The van der Waals surface area contributed by atoms with Crippen LogP contribution in [0.25, 0.3) is 32.6 Å². The average molecular weight is 562 g/mol. The van der Waals surface area contributed by atoms with Crippen LogP contribution in [0.3, 0.4) is 0 Å². The van der Waals surface area contributed by atoms with Gasteiger partial charge in [0.15, 0.2) is 0 Å². The number of hydrogen-bond acceptors (Lipinski definition) is 7. The number of rotatable bonds is 6. The van der Waals surface area contributed by atoms with Crippen molar-refractivity contribution in [3.63, 3.8) is 0 Å². The molecule has 1 fully saturated rings. The van der Waals surface area contributed by atoms with Crippen LogP contribution in [0.2, 0.25) is 0 Å². The first-order valence-corrected chi connectivity index (χ1v) is 15.4. The van der Waals surface area contributed by atoms with Gasteiger partial charge in [0.05, 0.1) is 23.0 Å². The second-order valence-corrected chi connectivity index (χ2v) is 12.5. The van der Waals surface area contributed by atoms with Crippen LogP contribution < -0.4 is 5.32 Å². The van der Waals surface area contributed by atoms with Crippen molar-refractivity contribution in [3.05, 3.63) is 99.4 Å². The molecule has 3 aromatic heterocycles. The summed E-state index contributed by atoms with van der Waals surface area (Å²) in [5.74, 6) is 0. The van der Waals surface area contributed by atoms with Gasteiger partial charge < -0.3 is 10.4 Å². The third-order valence-electron chi connectivity index (χ3n) is 8.65. The first-order chi connectivity index (χ1) is 20.0. The number of pyridine rings is 2. The van der Waals surface area contributed by atoms with E-state index in [-0.39, 0.29) is 6.10 Å². The number of aromatic nitrogens is 3. The molecule has 1 saturated heterocycles. The number of nitrogens with zero attached hydrogens (tertiary/aromatic N) is 4. The quantitative estimate of drug-likeness (QED) is 0.271. The van der Waals surface area contributed by atoms with Crippen molar-refractivity contribution in [3.8, 4) is 21.7 Å². The number of thiazole rings is 1. The number of benzene rings is 2. The summed E-state index contributed by atoms with van der Waals surface area (Å²) < 4.78 is 0.